The third-order valence-electron chi connectivity index (χ3n) is 4.71. The normalized spacial score (nSPS) is 18.0. The Bertz CT molecular complexity index is 869. The van der Waals surface area contributed by atoms with Crippen molar-refractivity contribution in [3.05, 3.63) is 52.2 Å². The second kappa shape index (κ2) is 8.10. The number of nitrogens with one attached hydrogen (secondary N) is 1. The van der Waals surface area contributed by atoms with Crippen molar-refractivity contribution < 1.29 is 18.3 Å². The Balaban J connectivity index is 1.65. The van der Waals surface area contributed by atoms with Crippen LogP contribution in [0.15, 0.2) is 46.7 Å². The van der Waals surface area contributed by atoms with E-state index in [0.29, 0.717) is 18.7 Å². The smallest absolute Gasteiger partial charge is 0.251 e. The van der Waals surface area contributed by atoms with Crippen molar-refractivity contribution in [3.63, 3.8) is 0 Å². The highest BCUT2D eigenvalue weighted by Crippen LogP contribution is 2.25. The summed E-state index contributed by atoms with van der Waals surface area (Å²) in [6, 6.07) is 9.61. The molecule has 2 aromatic rings. The van der Waals surface area contributed by atoms with Crippen LogP contribution in [0.4, 0.5) is 0 Å². The maximum atomic E-state index is 12.7. The number of thiophene rings is 1. The predicted octanol–water partition coefficient (Wildman–Crippen LogP) is 2.56. The molecule has 3 rings (SSSR count). The van der Waals surface area contributed by atoms with Gasteiger partial charge in [0, 0.05) is 23.5 Å². The molecule has 0 radical (unpaired) electrons. The van der Waals surface area contributed by atoms with E-state index in [1.807, 2.05) is 17.5 Å². The average Bonchev–Trinajstić information content (AvgIpc) is 3.23. The van der Waals surface area contributed by atoms with Gasteiger partial charge in [0.25, 0.3) is 5.91 Å². The highest BCUT2D eigenvalue weighted by Gasteiger charge is 2.27. The fourth-order valence-corrected chi connectivity index (χ4v) is 5.36. The Morgan fingerprint density at radius 1 is 1.19 bits per heavy atom. The lowest BCUT2D eigenvalue weighted by Gasteiger charge is -2.26. The van der Waals surface area contributed by atoms with E-state index >= 15 is 0 Å². The second-order valence-electron chi connectivity index (χ2n) is 6.92. The van der Waals surface area contributed by atoms with Gasteiger partial charge in [0.05, 0.1) is 11.4 Å². The van der Waals surface area contributed by atoms with Gasteiger partial charge in [-0.2, -0.15) is 4.31 Å². The van der Waals surface area contributed by atoms with Gasteiger partial charge in [-0.1, -0.05) is 12.5 Å². The largest absolute Gasteiger partial charge is 0.383 e. The maximum absolute atomic E-state index is 12.7. The van der Waals surface area contributed by atoms with E-state index in [9.17, 15) is 18.3 Å². The van der Waals surface area contributed by atoms with Gasteiger partial charge < -0.3 is 10.4 Å². The highest BCUT2D eigenvalue weighted by atomic mass is 32.2. The summed E-state index contributed by atoms with van der Waals surface area (Å²) in [5.74, 6) is -0.353. The standard InChI is InChI=1S/C19H24N2O4S2/c1-19(23,17-6-5-13-26-17)14-20-18(22)15-7-9-16(10-8-15)27(24,25)21-11-3-2-4-12-21/h5-10,13,23H,2-4,11-12,14H2,1H3,(H,20,22). The van der Waals surface area contributed by atoms with Gasteiger partial charge in [-0.25, -0.2) is 8.42 Å². The topological polar surface area (TPSA) is 86.7 Å². The molecule has 0 aliphatic carbocycles. The zero-order chi connectivity index (χ0) is 19.5. The van der Waals surface area contributed by atoms with Crippen molar-refractivity contribution in [2.24, 2.45) is 0 Å². The van der Waals surface area contributed by atoms with Crippen molar-refractivity contribution in [1.82, 2.24) is 9.62 Å². The lowest BCUT2D eigenvalue weighted by atomic mass is 10.1. The van der Waals surface area contributed by atoms with E-state index in [2.05, 4.69) is 5.32 Å². The van der Waals surface area contributed by atoms with Crippen LogP contribution < -0.4 is 5.32 Å². The van der Waals surface area contributed by atoms with Crippen molar-refractivity contribution in [2.45, 2.75) is 36.7 Å². The molecule has 146 valence electrons. The summed E-state index contributed by atoms with van der Waals surface area (Å²) in [5.41, 5.74) is -0.795. The van der Waals surface area contributed by atoms with Crippen LogP contribution in [0.25, 0.3) is 0 Å². The fraction of sp³-hybridized carbons (Fsp3) is 0.421. The summed E-state index contributed by atoms with van der Waals surface area (Å²) >= 11 is 1.42. The Hall–Kier alpha value is -1.74. The number of carbonyl (C=O) groups is 1. The molecule has 1 aromatic carbocycles. The Labute approximate surface area is 163 Å². The van der Waals surface area contributed by atoms with E-state index in [1.165, 1.54) is 39.9 Å². The zero-order valence-electron chi connectivity index (χ0n) is 15.2. The van der Waals surface area contributed by atoms with Gasteiger partial charge in [0.15, 0.2) is 0 Å². The zero-order valence-corrected chi connectivity index (χ0v) is 16.9. The maximum Gasteiger partial charge on any atom is 0.251 e. The monoisotopic (exact) mass is 408 g/mol. The molecule has 0 bridgehead atoms. The van der Waals surface area contributed by atoms with Crippen molar-refractivity contribution >= 4 is 27.3 Å². The third-order valence-corrected chi connectivity index (χ3v) is 7.75. The van der Waals surface area contributed by atoms with E-state index in [1.54, 1.807) is 6.92 Å². The molecular formula is C19H24N2O4S2. The molecule has 1 aromatic heterocycles. The molecule has 1 unspecified atom stereocenters. The number of benzene rings is 1. The molecule has 0 saturated carbocycles. The molecule has 6 nitrogen and oxygen atoms in total. The predicted molar refractivity (Wildman–Crippen MR) is 105 cm³/mol. The summed E-state index contributed by atoms with van der Waals surface area (Å²) in [4.78, 5) is 13.3. The molecule has 1 aliphatic heterocycles. The quantitative estimate of drug-likeness (QED) is 0.769. The van der Waals surface area contributed by atoms with Crippen LogP contribution in [0.5, 0.6) is 0 Å². The molecule has 27 heavy (non-hydrogen) atoms. The molecule has 1 saturated heterocycles. The van der Waals surface area contributed by atoms with Crippen LogP contribution in [0.2, 0.25) is 0 Å². The first-order valence-electron chi connectivity index (χ1n) is 8.95. The number of carbonyl (C=O) groups excluding carboxylic acids is 1. The second-order valence-corrected chi connectivity index (χ2v) is 9.81. The van der Waals surface area contributed by atoms with Gasteiger partial charge in [-0.15, -0.1) is 11.3 Å². The number of rotatable bonds is 6. The number of hydrogen-bond donors (Lipinski definition) is 2. The number of piperidine rings is 1. The van der Waals surface area contributed by atoms with Crippen LogP contribution in [-0.2, 0) is 15.6 Å². The van der Waals surface area contributed by atoms with Gasteiger partial charge in [0.2, 0.25) is 10.0 Å². The van der Waals surface area contributed by atoms with Gasteiger partial charge in [-0.3, -0.25) is 4.79 Å². The van der Waals surface area contributed by atoms with E-state index in [-0.39, 0.29) is 17.3 Å². The first-order chi connectivity index (χ1) is 12.8. The van der Waals surface area contributed by atoms with Crippen LogP contribution in [0.3, 0.4) is 0 Å². The fourth-order valence-electron chi connectivity index (χ4n) is 3.06. The summed E-state index contributed by atoms with van der Waals surface area (Å²) in [6.45, 7) is 2.80. The minimum absolute atomic E-state index is 0.0696. The first kappa shape index (κ1) is 20.0. The minimum Gasteiger partial charge on any atom is -0.383 e. The summed E-state index contributed by atoms with van der Waals surface area (Å²) in [6.07, 6.45) is 2.81. The van der Waals surface area contributed by atoms with Crippen LogP contribution >= 0.6 is 11.3 Å². The number of aliphatic hydroxyl groups is 1. The van der Waals surface area contributed by atoms with Crippen LogP contribution in [0.1, 0.15) is 41.4 Å². The Morgan fingerprint density at radius 2 is 1.85 bits per heavy atom. The summed E-state index contributed by atoms with van der Waals surface area (Å²) in [7, 11) is -3.51. The van der Waals surface area contributed by atoms with Crippen molar-refractivity contribution in [2.75, 3.05) is 19.6 Å². The molecule has 1 aliphatic rings. The molecule has 1 atom stereocenters. The first-order valence-corrected chi connectivity index (χ1v) is 11.3. The SMILES string of the molecule is CC(O)(CNC(=O)c1ccc(S(=O)(=O)N2CCCCC2)cc1)c1cccs1. The molecule has 0 spiro atoms. The van der Waals surface area contributed by atoms with Gasteiger partial charge in [-0.05, 0) is 55.5 Å². The van der Waals surface area contributed by atoms with Crippen molar-refractivity contribution in [1.29, 1.82) is 0 Å². The number of sulfonamides is 1. The molecule has 1 fully saturated rings. The van der Waals surface area contributed by atoms with Crippen LogP contribution in [0, 0.1) is 0 Å². The molecule has 1 amide bonds. The third kappa shape index (κ3) is 4.57. The highest BCUT2D eigenvalue weighted by molar-refractivity contribution is 7.89. The molecule has 8 heteroatoms. The van der Waals surface area contributed by atoms with E-state index in [4.69, 9.17) is 0 Å². The van der Waals surface area contributed by atoms with Crippen molar-refractivity contribution in [3.8, 4) is 0 Å². The number of amides is 1. The van der Waals surface area contributed by atoms with Crippen LogP contribution in [-0.4, -0.2) is 43.4 Å². The minimum atomic E-state index is -3.51. The van der Waals surface area contributed by atoms with Gasteiger partial charge in [0.1, 0.15) is 5.60 Å². The Kier molecular flexibility index (Phi) is 6.00. The summed E-state index contributed by atoms with van der Waals surface area (Å²) < 4.78 is 26.8. The molecular weight excluding hydrogens is 384 g/mol. The van der Waals surface area contributed by atoms with Gasteiger partial charge >= 0.3 is 0 Å². The lowest BCUT2D eigenvalue weighted by Crippen LogP contribution is -2.38. The van der Waals surface area contributed by atoms with E-state index in [0.717, 1.165) is 24.1 Å². The average molecular weight is 409 g/mol. The van der Waals surface area contributed by atoms with E-state index < -0.39 is 15.6 Å². The Morgan fingerprint density at radius 3 is 2.44 bits per heavy atom. The molecule has 2 N–H and O–H groups in total. The lowest BCUT2D eigenvalue weighted by molar-refractivity contribution is 0.0557. The number of nitrogens with zero attached hydrogens (tertiary/aromatic N) is 1. The molecule has 2 heterocycles. The number of hydrogen-bond acceptors (Lipinski definition) is 5. The summed E-state index contributed by atoms with van der Waals surface area (Å²) in [5, 5.41) is 15.1.